The van der Waals surface area contributed by atoms with Gasteiger partial charge in [-0.05, 0) is 33.6 Å². The molecular weight excluding hydrogens is 314 g/mol. The molecule has 6 nitrogen and oxygen atoms in total. The van der Waals surface area contributed by atoms with Gasteiger partial charge in [-0.2, -0.15) is 5.10 Å². The monoisotopic (exact) mass is 345 g/mol. The van der Waals surface area contributed by atoms with Crippen LogP contribution in [0.15, 0.2) is 0 Å². The number of nitrogens with zero attached hydrogens (tertiary/aromatic N) is 2. The summed E-state index contributed by atoms with van der Waals surface area (Å²) < 4.78 is 24.4. The smallest absolute Gasteiger partial charge is 0.149 e. The Morgan fingerprint density at radius 3 is 2.35 bits per heavy atom. The van der Waals surface area contributed by atoms with Gasteiger partial charge in [0.15, 0.2) is 0 Å². The summed E-state index contributed by atoms with van der Waals surface area (Å²) in [5.41, 5.74) is 2.15. The quantitative estimate of drug-likeness (QED) is 0.748. The van der Waals surface area contributed by atoms with Gasteiger partial charge in [-0.1, -0.05) is 13.8 Å². The zero-order valence-corrected chi connectivity index (χ0v) is 16.2. The molecule has 7 heteroatoms. The third-order valence-corrected chi connectivity index (χ3v) is 5.48. The molecule has 2 unspecified atom stereocenters. The number of aliphatic hydroxyl groups is 1. The van der Waals surface area contributed by atoms with Gasteiger partial charge in [-0.3, -0.25) is 4.68 Å². The van der Waals surface area contributed by atoms with Crippen molar-refractivity contribution in [1.82, 2.24) is 15.1 Å². The predicted molar refractivity (Wildman–Crippen MR) is 93.3 cm³/mol. The number of nitrogens with one attached hydrogen (secondary N) is 1. The van der Waals surface area contributed by atoms with Gasteiger partial charge < -0.3 is 10.4 Å². The molecule has 2 N–H and O–H groups in total. The van der Waals surface area contributed by atoms with E-state index < -0.39 is 15.4 Å². The van der Waals surface area contributed by atoms with Crippen LogP contribution in [-0.2, 0) is 16.4 Å². The topological polar surface area (TPSA) is 84.2 Å². The highest BCUT2D eigenvalue weighted by atomic mass is 32.2. The second-order valence-corrected chi connectivity index (χ2v) is 9.31. The van der Waals surface area contributed by atoms with E-state index in [2.05, 4.69) is 10.4 Å². The van der Waals surface area contributed by atoms with Crippen molar-refractivity contribution in [3.05, 3.63) is 17.0 Å². The molecule has 134 valence electrons. The highest BCUT2D eigenvalue weighted by Crippen LogP contribution is 2.23. The van der Waals surface area contributed by atoms with Crippen LogP contribution in [0.5, 0.6) is 0 Å². The van der Waals surface area contributed by atoms with Crippen molar-refractivity contribution in [2.75, 3.05) is 18.6 Å². The molecule has 0 fully saturated rings. The van der Waals surface area contributed by atoms with Crippen LogP contribution in [0.25, 0.3) is 0 Å². The van der Waals surface area contributed by atoms with Crippen LogP contribution in [0.2, 0.25) is 0 Å². The van der Waals surface area contributed by atoms with Crippen LogP contribution >= 0.6 is 0 Å². The average molecular weight is 346 g/mol. The molecule has 2 atom stereocenters. The van der Waals surface area contributed by atoms with Crippen LogP contribution in [0.1, 0.15) is 50.7 Å². The van der Waals surface area contributed by atoms with Crippen molar-refractivity contribution < 1.29 is 13.5 Å². The highest BCUT2D eigenvalue weighted by molar-refractivity contribution is 7.90. The number of sulfone groups is 1. The van der Waals surface area contributed by atoms with Gasteiger partial charge in [-0.25, -0.2) is 8.42 Å². The van der Waals surface area contributed by atoms with Crippen molar-refractivity contribution in [3.8, 4) is 0 Å². The number of rotatable bonds is 8. The lowest BCUT2D eigenvalue weighted by molar-refractivity contribution is 0.0121. The maximum absolute atomic E-state index is 11.3. The maximum atomic E-state index is 11.3. The number of aryl methyl sites for hydroxylation is 2. The Labute approximate surface area is 140 Å². The van der Waals surface area contributed by atoms with E-state index in [9.17, 15) is 13.5 Å². The Kier molecular flexibility index (Phi) is 6.40. The van der Waals surface area contributed by atoms with Crippen LogP contribution in [0.4, 0.5) is 0 Å². The fourth-order valence-electron chi connectivity index (χ4n) is 2.47. The SMILES string of the molecule is Cc1nn(CCS(C)(=O)=O)c(C)c1C(C)NCC(C)(O)C(C)C. The molecule has 0 aromatic carbocycles. The molecule has 1 aromatic heterocycles. The summed E-state index contributed by atoms with van der Waals surface area (Å²) >= 11 is 0. The Morgan fingerprint density at radius 1 is 1.30 bits per heavy atom. The minimum absolute atomic E-state index is 0.0345. The minimum Gasteiger partial charge on any atom is -0.389 e. The molecule has 0 aliphatic rings. The van der Waals surface area contributed by atoms with E-state index in [-0.39, 0.29) is 17.7 Å². The molecule has 0 aliphatic heterocycles. The van der Waals surface area contributed by atoms with Gasteiger partial charge >= 0.3 is 0 Å². The van der Waals surface area contributed by atoms with Crippen LogP contribution in [-0.4, -0.2) is 47.5 Å². The first-order valence-electron chi connectivity index (χ1n) is 8.02. The van der Waals surface area contributed by atoms with Gasteiger partial charge in [0.05, 0.1) is 23.6 Å². The number of aromatic nitrogens is 2. The molecule has 0 amide bonds. The van der Waals surface area contributed by atoms with Crippen LogP contribution in [0, 0.1) is 19.8 Å². The van der Waals surface area contributed by atoms with E-state index in [1.165, 1.54) is 6.26 Å². The molecule has 1 heterocycles. The van der Waals surface area contributed by atoms with E-state index in [4.69, 9.17) is 0 Å². The Balaban J connectivity index is 2.86. The third kappa shape index (κ3) is 5.58. The Morgan fingerprint density at radius 2 is 1.87 bits per heavy atom. The Hall–Kier alpha value is -0.920. The molecule has 1 rings (SSSR count). The van der Waals surface area contributed by atoms with E-state index >= 15 is 0 Å². The van der Waals surface area contributed by atoms with Crippen molar-refractivity contribution >= 4 is 9.84 Å². The molecule has 0 radical (unpaired) electrons. The van der Waals surface area contributed by atoms with E-state index in [1.807, 2.05) is 41.5 Å². The van der Waals surface area contributed by atoms with E-state index in [0.29, 0.717) is 13.1 Å². The summed E-state index contributed by atoms with van der Waals surface area (Å²) in [5.74, 6) is 0.236. The fourth-order valence-corrected chi connectivity index (χ4v) is 2.98. The highest BCUT2D eigenvalue weighted by Gasteiger charge is 2.26. The fraction of sp³-hybridized carbons (Fsp3) is 0.812. The second-order valence-electron chi connectivity index (χ2n) is 7.05. The van der Waals surface area contributed by atoms with Crippen molar-refractivity contribution in [2.24, 2.45) is 5.92 Å². The summed E-state index contributed by atoms with van der Waals surface area (Å²) in [5, 5.41) is 18.2. The normalized spacial score (nSPS) is 16.6. The van der Waals surface area contributed by atoms with Gasteiger partial charge in [0.1, 0.15) is 9.84 Å². The van der Waals surface area contributed by atoms with E-state index in [1.54, 1.807) is 4.68 Å². The first kappa shape index (κ1) is 20.1. The average Bonchev–Trinajstić information content (AvgIpc) is 2.67. The van der Waals surface area contributed by atoms with Crippen molar-refractivity contribution in [3.63, 3.8) is 0 Å². The summed E-state index contributed by atoms with van der Waals surface area (Å²) in [7, 11) is -3.01. The summed E-state index contributed by atoms with van der Waals surface area (Å²) in [6.07, 6.45) is 1.23. The lowest BCUT2D eigenvalue weighted by Gasteiger charge is -2.29. The van der Waals surface area contributed by atoms with Gasteiger partial charge in [0, 0.05) is 30.1 Å². The van der Waals surface area contributed by atoms with Crippen LogP contribution < -0.4 is 5.32 Å². The zero-order valence-electron chi connectivity index (χ0n) is 15.3. The van der Waals surface area contributed by atoms with E-state index in [0.717, 1.165) is 17.0 Å². The van der Waals surface area contributed by atoms with Gasteiger partial charge in [-0.15, -0.1) is 0 Å². The first-order chi connectivity index (χ1) is 10.3. The standard InChI is InChI=1S/C16H31N3O3S/c1-11(2)16(6,20)10-17-12(3)15-13(4)18-19(14(15)5)8-9-23(7,21)22/h11-12,17,20H,8-10H2,1-7H3. The molecule has 0 spiro atoms. The van der Waals surface area contributed by atoms with Gasteiger partial charge in [0.2, 0.25) is 0 Å². The summed E-state index contributed by atoms with van der Waals surface area (Å²) in [4.78, 5) is 0. The van der Waals surface area contributed by atoms with Crippen molar-refractivity contribution in [1.29, 1.82) is 0 Å². The number of hydrogen-bond acceptors (Lipinski definition) is 5. The molecular formula is C16H31N3O3S. The zero-order chi connectivity index (χ0) is 18.0. The molecule has 1 aromatic rings. The summed E-state index contributed by atoms with van der Waals surface area (Å²) in [6.45, 7) is 12.6. The third-order valence-electron chi connectivity index (χ3n) is 4.55. The predicted octanol–water partition coefficient (Wildman–Crippen LogP) is 1.60. The Bertz CT molecular complexity index is 633. The lowest BCUT2D eigenvalue weighted by atomic mass is 9.92. The molecule has 0 bridgehead atoms. The summed E-state index contributed by atoms with van der Waals surface area (Å²) in [6, 6.07) is 0.0345. The maximum Gasteiger partial charge on any atom is 0.149 e. The molecule has 23 heavy (non-hydrogen) atoms. The lowest BCUT2D eigenvalue weighted by Crippen LogP contribution is -2.43. The van der Waals surface area contributed by atoms with Gasteiger partial charge in [0.25, 0.3) is 0 Å². The second kappa shape index (κ2) is 7.32. The van der Waals surface area contributed by atoms with Crippen LogP contribution in [0.3, 0.4) is 0 Å². The first-order valence-corrected chi connectivity index (χ1v) is 10.1. The largest absolute Gasteiger partial charge is 0.389 e. The number of hydrogen-bond donors (Lipinski definition) is 2. The molecule has 0 saturated carbocycles. The molecule has 0 saturated heterocycles. The van der Waals surface area contributed by atoms with Crippen molar-refractivity contribution in [2.45, 2.75) is 59.7 Å². The minimum atomic E-state index is -3.01. The molecule has 0 aliphatic carbocycles.